The second kappa shape index (κ2) is 5.32. The van der Waals surface area contributed by atoms with Crippen molar-refractivity contribution in [1.29, 1.82) is 0 Å². The van der Waals surface area contributed by atoms with Crippen molar-refractivity contribution >= 4 is 22.8 Å². The first-order valence-electron chi connectivity index (χ1n) is 6.45. The Morgan fingerprint density at radius 1 is 1.23 bits per heavy atom. The summed E-state index contributed by atoms with van der Waals surface area (Å²) in [6.07, 6.45) is 0. The number of fused-ring (bicyclic) bond motifs is 1. The number of aromatic nitrogens is 4. The molecule has 2 heterocycles. The summed E-state index contributed by atoms with van der Waals surface area (Å²) in [6, 6.07) is 6.44. The number of nitrogens with one attached hydrogen (secondary N) is 2. The number of benzene rings is 1. The average molecular weight is 299 g/mol. The van der Waals surface area contributed by atoms with Gasteiger partial charge in [0.05, 0.1) is 24.4 Å². The molecule has 2 aromatic heterocycles. The van der Waals surface area contributed by atoms with Crippen molar-refractivity contribution in [1.82, 2.24) is 19.9 Å². The summed E-state index contributed by atoms with van der Waals surface area (Å²) in [5, 5.41) is 13.0. The van der Waals surface area contributed by atoms with Gasteiger partial charge < -0.3 is 9.84 Å². The number of aromatic hydroxyl groups is 1. The minimum Gasteiger partial charge on any atom is -0.497 e. The minimum absolute atomic E-state index is 0.0669. The van der Waals surface area contributed by atoms with Crippen LogP contribution in [0.5, 0.6) is 11.6 Å². The number of ether oxygens (including phenoxy) is 1. The van der Waals surface area contributed by atoms with Crippen LogP contribution in [-0.2, 0) is 0 Å². The zero-order chi connectivity index (χ0) is 15.7. The lowest BCUT2D eigenvalue weighted by Gasteiger charge is -2.08. The molecule has 3 rings (SSSR count). The van der Waals surface area contributed by atoms with Gasteiger partial charge in [0.25, 0.3) is 5.56 Å². The third-order valence-electron chi connectivity index (χ3n) is 3.05. The molecule has 112 valence electrons. The molecule has 0 aliphatic rings. The summed E-state index contributed by atoms with van der Waals surface area (Å²) in [6.45, 7) is 1.84. The molecule has 3 N–H and O–H groups in total. The molecule has 0 radical (unpaired) electrons. The van der Waals surface area contributed by atoms with E-state index in [0.29, 0.717) is 0 Å². The molecule has 8 heteroatoms. The monoisotopic (exact) mass is 299 g/mol. The Bertz CT molecular complexity index is 907. The second-order valence-corrected chi connectivity index (χ2v) is 4.59. The summed E-state index contributed by atoms with van der Waals surface area (Å²) in [4.78, 5) is 26.2. The zero-order valence-corrected chi connectivity index (χ0v) is 11.9. The summed E-state index contributed by atoms with van der Waals surface area (Å²) < 4.78 is 5.18. The third-order valence-corrected chi connectivity index (χ3v) is 3.05. The quantitative estimate of drug-likeness (QED) is 0.671. The maximum absolute atomic E-state index is 11.3. The summed E-state index contributed by atoms with van der Waals surface area (Å²) in [5.74, 6) is 0.675. The van der Waals surface area contributed by atoms with Crippen LogP contribution in [0.2, 0.25) is 0 Å². The highest BCUT2D eigenvalue weighted by atomic mass is 16.5. The number of hydrogen-bond donors (Lipinski definition) is 3. The van der Waals surface area contributed by atoms with Gasteiger partial charge in [0.15, 0.2) is 0 Å². The predicted octanol–water partition coefficient (Wildman–Crippen LogP) is 1.48. The van der Waals surface area contributed by atoms with Crippen LogP contribution >= 0.6 is 0 Å². The van der Waals surface area contributed by atoms with E-state index in [1.165, 1.54) is 0 Å². The second-order valence-electron chi connectivity index (χ2n) is 4.59. The third kappa shape index (κ3) is 2.66. The molecule has 0 unspecified atom stereocenters. The highest BCUT2D eigenvalue weighted by molar-refractivity contribution is 5.83. The molecule has 3 aromatic rings. The van der Waals surface area contributed by atoms with Crippen molar-refractivity contribution in [2.45, 2.75) is 6.92 Å². The maximum Gasteiger partial charge on any atom is 0.256 e. The fraction of sp³-hybridized carbons (Fsp3) is 0.143. The van der Waals surface area contributed by atoms with Crippen molar-refractivity contribution in [2.75, 3.05) is 12.4 Å². The van der Waals surface area contributed by atoms with Crippen molar-refractivity contribution in [3.05, 3.63) is 40.3 Å². The number of anilines is 2. The topological polar surface area (TPSA) is 113 Å². The normalized spacial score (nSPS) is 10.6. The number of nitrogens with zero attached hydrogens (tertiary/aromatic N) is 3. The van der Waals surface area contributed by atoms with E-state index in [1.54, 1.807) is 13.2 Å². The average Bonchev–Trinajstić information content (AvgIpc) is 2.46. The van der Waals surface area contributed by atoms with Gasteiger partial charge in [-0.3, -0.25) is 15.1 Å². The van der Waals surface area contributed by atoms with Gasteiger partial charge in [-0.2, -0.15) is 4.98 Å². The first-order valence-corrected chi connectivity index (χ1v) is 6.45. The number of aryl methyl sites for hydroxylation is 1. The Hall–Kier alpha value is -3.16. The zero-order valence-electron chi connectivity index (χ0n) is 11.9. The number of methoxy groups -OCH3 is 1. The highest BCUT2D eigenvalue weighted by Crippen LogP contribution is 2.23. The van der Waals surface area contributed by atoms with E-state index in [4.69, 9.17) is 4.74 Å². The van der Waals surface area contributed by atoms with Crippen LogP contribution in [0.4, 0.5) is 11.9 Å². The Balaban J connectivity index is 2.03. The number of rotatable bonds is 3. The minimum atomic E-state index is -0.475. The Labute approximate surface area is 124 Å². The SMILES string of the molecule is COc1ccc2nc(Nc3nc(O)cc(=O)[nH]3)nc(C)c2c1. The van der Waals surface area contributed by atoms with Crippen LogP contribution < -0.4 is 15.6 Å². The fourth-order valence-corrected chi connectivity index (χ4v) is 2.05. The standard InChI is InChI=1S/C14H13N5O3/c1-7-9-5-8(22-2)3-4-10(9)16-13(15-7)19-14-17-11(20)6-12(21)18-14/h3-6H,1-2H3,(H3,15,16,17,18,19,20,21). The van der Waals surface area contributed by atoms with E-state index in [-0.39, 0.29) is 17.8 Å². The van der Waals surface area contributed by atoms with Crippen molar-refractivity contribution in [2.24, 2.45) is 0 Å². The molecule has 8 nitrogen and oxygen atoms in total. The van der Waals surface area contributed by atoms with E-state index >= 15 is 0 Å². The van der Waals surface area contributed by atoms with Crippen molar-refractivity contribution < 1.29 is 9.84 Å². The molecule has 0 bridgehead atoms. The molecule has 0 amide bonds. The highest BCUT2D eigenvalue weighted by Gasteiger charge is 2.08. The van der Waals surface area contributed by atoms with Gasteiger partial charge in [0, 0.05) is 5.39 Å². The maximum atomic E-state index is 11.3. The van der Waals surface area contributed by atoms with E-state index < -0.39 is 5.56 Å². The summed E-state index contributed by atoms with van der Waals surface area (Å²) in [7, 11) is 1.59. The van der Waals surface area contributed by atoms with Gasteiger partial charge in [-0.1, -0.05) is 0 Å². The largest absolute Gasteiger partial charge is 0.497 e. The molecule has 0 aliphatic heterocycles. The molecule has 0 spiro atoms. The molecule has 0 saturated carbocycles. The lowest BCUT2D eigenvalue weighted by Crippen LogP contribution is -2.10. The first-order chi connectivity index (χ1) is 10.5. The number of hydrogen-bond acceptors (Lipinski definition) is 7. The van der Waals surface area contributed by atoms with Crippen LogP contribution in [0.3, 0.4) is 0 Å². The Morgan fingerprint density at radius 2 is 2.05 bits per heavy atom. The molecular weight excluding hydrogens is 286 g/mol. The van der Waals surface area contributed by atoms with Gasteiger partial charge in [0.2, 0.25) is 17.8 Å². The molecular formula is C14H13N5O3. The predicted molar refractivity (Wildman–Crippen MR) is 80.6 cm³/mol. The van der Waals surface area contributed by atoms with Crippen molar-refractivity contribution in [3.63, 3.8) is 0 Å². The van der Waals surface area contributed by atoms with Crippen LogP contribution in [0.1, 0.15) is 5.69 Å². The summed E-state index contributed by atoms with van der Waals surface area (Å²) in [5.41, 5.74) is 0.990. The molecule has 0 fully saturated rings. The van der Waals surface area contributed by atoms with Gasteiger partial charge in [0.1, 0.15) is 5.75 Å². The first kappa shape index (κ1) is 13.8. The number of H-pyrrole nitrogens is 1. The lowest BCUT2D eigenvalue weighted by molar-refractivity contribution is 0.415. The van der Waals surface area contributed by atoms with E-state index in [0.717, 1.165) is 28.4 Å². The lowest BCUT2D eigenvalue weighted by atomic mass is 10.2. The van der Waals surface area contributed by atoms with Crippen LogP contribution in [0.15, 0.2) is 29.1 Å². The molecule has 0 atom stereocenters. The van der Waals surface area contributed by atoms with Gasteiger partial charge in [-0.15, -0.1) is 0 Å². The van der Waals surface area contributed by atoms with Gasteiger partial charge in [-0.05, 0) is 25.1 Å². The molecule has 0 saturated heterocycles. The Kier molecular flexibility index (Phi) is 3.34. The van der Waals surface area contributed by atoms with Gasteiger partial charge in [-0.25, -0.2) is 9.97 Å². The number of aromatic amines is 1. The smallest absolute Gasteiger partial charge is 0.256 e. The molecule has 0 aliphatic carbocycles. The van der Waals surface area contributed by atoms with Crippen molar-refractivity contribution in [3.8, 4) is 11.6 Å². The molecule has 1 aromatic carbocycles. The van der Waals surface area contributed by atoms with Gasteiger partial charge >= 0.3 is 0 Å². The fourth-order valence-electron chi connectivity index (χ4n) is 2.05. The van der Waals surface area contributed by atoms with E-state index in [2.05, 4.69) is 25.3 Å². The molecule has 22 heavy (non-hydrogen) atoms. The van der Waals surface area contributed by atoms with Crippen LogP contribution in [-0.4, -0.2) is 32.2 Å². The van der Waals surface area contributed by atoms with E-state index in [1.807, 2.05) is 19.1 Å². The van der Waals surface area contributed by atoms with E-state index in [9.17, 15) is 9.90 Å². The van der Waals surface area contributed by atoms with Crippen LogP contribution in [0.25, 0.3) is 10.9 Å². The van der Waals surface area contributed by atoms with Crippen LogP contribution in [0, 0.1) is 6.92 Å². The summed E-state index contributed by atoms with van der Waals surface area (Å²) >= 11 is 0. The Morgan fingerprint density at radius 3 is 2.77 bits per heavy atom.